The Morgan fingerprint density at radius 1 is 1.16 bits per heavy atom. The van der Waals surface area contributed by atoms with Crippen LogP contribution in [0.1, 0.15) is 56.4 Å². The van der Waals surface area contributed by atoms with E-state index >= 15 is 0 Å². The van der Waals surface area contributed by atoms with Gasteiger partial charge in [-0.05, 0) is 68.6 Å². The van der Waals surface area contributed by atoms with Crippen LogP contribution in [-0.2, 0) is 10.8 Å². The van der Waals surface area contributed by atoms with E-state index in [2.05, 4.69) is 26.9 Å². The van der Waals surface area contributed by atoms with Crippen LogP contribution >= 0.6 is 11.6 Å². The Morgan fingerprint density at radius 3 is 2.48 bits per heavy atom. The van der Waals surface area contributed by atoms with Crippen LogP contribution in [0.5, 0.6) is 0 Å². The van der Waals surface area contributed by atoms with Crippen molar-refractivity contribution in [3.05, 3.63) is 41.0 Å². The van der Waals surface area contributed by atoms with Gasteiger partial charge in [-0.3, -0.25) is 4.21 Å². The summed E-state index contributed by atoms with van der Waals surface area (Å²) in [7, 11) is -1.13. The zero-order valence-electron chi connectivity index (χ0n) is 17.4. The zero-order chi connectivity index (χ0) is 21.2. The second-order valence-electron chi connectivity index (χ2n) is 9.51. The number of hydrogen-bond donors (Lipinski definition) is 1. The highest BCUT2D eigenvalue weighted by atomic mass is 35.5. The van der Waals surface area contributed by atoms with Crippen LogP contribution in [0.15, 0.2) is 35.4 Å². The normalized spacial score (nSPS) is 30.9. The minimum Gasteiger partial charge on any atom is -0.394 e. The molecule has 2 aromatic rings. The highest BCUT2D eigenvalue weighted by Gasteiger charge is 2.48. The lowest BCUT2D eigenvalue weighted by Gasteiger charge is -2.48. The number of nitrogens with zero attached hydrogens (tertiary/aromatic N) is 4. The van der Waals surface area contributed by atoms with Gasteiger partial charge in [0.25, 0.3) is 0 Å². The molecule has 1 aliphatic carbocycles. The molecule has 2 unspecified atom stereocenters. The first kappa shape index (κ1) is 19.9. The molecule has 4 aliphatic rings. The van der Waals surface area contributed by atoms with Crippen LogP contribution in [0, 0.1) is 0 Å². The van der Waals surface area contributed by atoms with E-state index in [1.165, 1.54) is 5.56 Å². The van der Waals surface area contributed by atoms with Gasteiger partial charge < -0.3 is 14.9 Å². The van der Waals surface area contributed by atoms with Crippen molar-refractivity contribution in [3.63, 3.8) is 0 Å². The molecule has 31 heavy (non-hydrogen) atoms. The fraction of sp³-hybridized carbons (Fsp3) is 0.565. The third-order valence-electron chi connectivity index (χ3n) is 7.93. The molecule has 1 saturated carbocycles. The Balaban J connectivity index is 1.29. The van der Waals surface area contributed by atoms with E-state index in [-0.39, 0.29) is 12.1 Å². The minimum absolute atomic E-state index is 0.0840. The van der Waals surface area contributed by atoms with Gasteiger partial charge >= 0.3 is 0 Å². The summed E-state index contributed by atoms with van der Waals surface area (Å²) in [5.74, 6) is 2.49. The number of rotatable bonds is 4. The lowest BCUT2D eigenvalue weighted by atomic mass is 9.76. The third kappa shape index (κ3) is 3.11. The maximum atomic E-state index is 12.7. The van der Waals surface area contributed by atoms with E-state index in [0.717, 1.165) is 61.7 Å². The number of piperidine rings is 1. The Hall–Kier alpha value is -1.70. The summed E-state index contributed by atoms with van der Waals surface area (Å²) in [6.45, 7) is 0.0840. The summed E-state index contributed by atoms with van der Waals surface area (Å²) < 4.78 is 12.7. The predicted octanol–water partition coefficient (Wildman–Crippen LogP) is 3.85. The smallest absolute Gasteiger partial charge is 0.227 e. The van der Waals surface area contributed by atoms with Gasteiger partial charge in [0, 0.05) is 17.1 Å². The van der Waals surface area contributed by atoms with Gasteiger partial charge in [0.15, 0.2) is 5.82 Å². The molecule has 8 heteroatoms. The van der Waals surface area contributed by atoms with Crippen LogP contribution in [0.4, 0.5) is 11.8 Å². The van der Waals surface area contributed by atoms with Crippen molar-refractivity contribution in [2.24, 2.45) is 0 Å². The zero-order valence-corrected chi connectivity index (χ0v) is 19.0. The van der Waals surface area contributed by atoms with Gasteiger partial charge in [-0.1, -0.05) is 23.7 Å². The summed E-state index contributed by atoms with van der Waals surface area (Å²) in [6.07, 6.45) is 9.22. The first-order chi connectivity index (χ1) is 15.1. The first-order valence-corrected chi connectivity index (χ1v) is 13.0. The second-order valence-corrected chi connectivity index (χ2v) is 11.3. The summed E-state index contributed by atoms with van der Waals surface area (Å²) in [4.78, 5) is 14.9. The summed E-state index contributed by atoms with van der Waals surface area (Å²) in [5, 5.41) is 10.9. The van der Waals surface area contributed by atoms with Gasteiger partial charge in [-0.15, -0.1) is 0 Å². The molecule has 4 heterocycles. The quantitative estimate of drug-likeness (QED) is 0.750. The maximum Gasteiger partial charge on any atom is 0.227 e. The van der Waals surface area contributed by atoms with Gasteiger partial charge in [0.05, 0.1) is 29.1 Å². The number of fused-ring (bicyclic) bond motifs is 3. The molecule has 0 amide bonds. The molecule has 3 fully saturated rings. The molecule has 1 aromatic heterocycles. The van der Waals surface area contributed by atoms with Crippen molar-refractivity contribution in [3.8, 4) is 0 Å². The van der Waals surface area contributed by atoms with Crippen molar-refractivity contribution in [1.29, 1.82) is 0 Å². The summed E-state index contributed by atoms with van der Waals surface area (Å²) in [5.41, 5.74) is 1.07. The molecule has 2 bridgehead atoms. The van der Waals surface area contributed by atoms with E-state index in [4.69, 9.17) is 16.6 Å². The Bertz CT molecular complexity index is 1010. The average molecular weight is 459 g/mol. The van der Waals surface area contributed by atoms with Crippen LogP contribution in [0.2, 0.25) is 5.02 Å². The summed E-state index contributed by atoms with van der Waals surface area (Å²) in [6, 6.07) is 9.14. The molecular weight excluding hydrogens is 432 g/mol. The highest BCUT2D eigenvalue weighted by molar-refractivity contribution is 7.85. The number of halogens is 1. The lowest BCUT2D eigenvalue weighted by molar-refractivity contribution is 0.119. The molecule has 3 aliphatic heterocycles. The number of hydrogen-bond acceptors (Lipinski definition) is 6. The second kappa shape index (κ2) is 7.42. The number of aromatic nitrogens is 2. The fourth-order valence-electron chi connectivity index (χ4n) is 6.05. The molecule has 164 valence electrons. The van der Waals surface area contributed by atoms with Gasteiger partial charge in [0.1, 0.15) is 10.8 Å². The molecule has 6 nitrogen and oxygen atoms in total. The van der Waals surface area contributed by atoms with E-state index in [1.807, 2.05) is 12.1 Å². The van der Waals surface area contributed by atoms with Crippen molar-refractivity contribution in [2.75, 3.05) is 22.3 Å². The SMILES string of the molecule is O=[S@]1CN(C2(CO)CCC2)c2nc(N3C4CCC3CC(c3ccc(Cl)cc3)C4)ncc21. The van der Waals surface area contributed by atoms with E-state index < -0.39 is 10.8 Å². The van der Waals surface area contributed by atoms with Gasteiger partial charge in [-0.2, -0.15) is 4.98 Å². The van der Waals surface area contributed by atoms with E-state index in [1.54, 1.807) is 6.20 Å². The molecule has 0 radical (unpaired) electrons. The molecule has 1 N–H and O–H groups in total. The molecule has 3 atom stereocenters. The minimum atomic E-state index is -1.13. The third-order valence-corrected chi connectivity index (χ3v) is 9.45. The van der Waals surface area contributed by atoms with Crippen LogP contribution < -0.4 is 9.80 Å². The van der Waals surface area contributed by atoms with Gasteiger partial charge in [-0.25, -0.2) is 4.98 Å². The number of aliphatic hydroxyl groups excluding tert-OH is 1. The van der Waals surface area contributed by atoms with E-state index in [9.17, 15) is 9.32 Å². The van der Waals surface area contributed by atoms with Crippen molar-refractivity contribution in [1.82, 2.24) is 9.97 Å². The maximum absolute atomic E-state index is 12.7. The van der Waals surface area contributed by atoms with Crippen molar-refractivity contribution < 1.29 is 9.32 Å². The predicted molar refractivity (Wildman–Crippen MR) is 122 cm³/mol. The molecule has 0 spiro atoms. The number of anilines is 2. The van der Waals surface area contributed by atoms with Gasteiger partial charge in [0.2, 0.25) is 5.95 Å². The Kier molecular flexibility index (Phi) is 4.78. The van der Waals surface area contributed by atoms with Crippen LogP contribution in [0.25, 0.3) is 0 Å². The molecular formula is C23H27ClN4O2S. The Morgan fingerprint density at radius 2 is 1.87 bits per heavy atom. The standard InChI is InChI=1S/C23H27ClN4O2S/c24-17-4-2-15(3-5-17)16-10-18-6-7-19(11-16)28(18)22-25-12-20-21(26-22)27(14-31(20)30)23(13-29)8-1-9-23/h2-5,12,16,18-19,29H,1,6-11,13-14H2/t16?,18?,19?,31-/m0/s1. The van der Waals surface area contributed by atoms with Crippen LogP contribution in [0.3, 0.4) is 0 Å². The average Bonchev–Trinajstić information content (AvgIpc) is 3.21. The first-order valence-electron chi connectivity index (χ1n) is 11.3. The van der Waals surface area contributed by atoms with Crippen molar-refractivity contribution >= 4 is 34.2 Å². The van der Waals surface area contributed by atoms with Crippen LogP contribution in [-0.4, -0.2) is 49.4 Å². The monoisotopic (exact) mass is 458 g/mol. The molecule has 6 rings (SSSR count). The summed E-state index contributed by atoms with van der Waals surface area (Å²) >= 11 is 6.08. The van der Waals surface area contributed by atoms with E-state index in [0.29, 0.717) is 28.8 Å². The van der Waals surface area contributed by atoms with Crippen molar-refractivity contribution in [2.45, 2.75) is 73.4 Å². The number of aliphatic hydroxyl groups is 1. The topological polar surface area (TPSA) is 69.6 Å². The fourth-order valence-corrected chi connectivity index (χ4v) is 7.48. The molecule has 2 saturated heterocycles. The number of benzene rings is 1. The lowest BCUT2D eigenvalue weighted by Crippen LogP contribution is -2.56. The highest BCUT2D eigenvalue weighted by Crippen LogP contribution is 2.47. The Labute approximate surface area is 190 Å². The largest absolute Gasteiger partial charge is 0.394 e. The molecule has 1 aromatic carbocycles.